The summed E-state index contributed by atoms with van der Waals surface area (Å²) >= 11 is 1.76. The lowest BCUT2D eigenvalue weighted by Gasteiger charge is -2.16. The zero-order valence-electron chi connectivity index (χ0n) is 11.3. The highest BCUT2D eigenvalue weighted by Gasteiger charge is 2.12. The van der Waals surface area contributed by atoms with Crippen molar-refractivity contribution in [2.24, 2.45) is 0 Å². The molecule has 0 saturated heterocycles. The van der Waals surface area contributed by atoms with Crippen molar-refractivity contribution < 1.29 is 0 Å². The molecule has 0 aliphatic carbocycles. The maximum absolute atomic E-state index is 8.78. The summed E-state index contributed by atoms with van der Waals surface area (Å²) < 4.78 is 0.170. The van der Waals surface area contributed by atoms with Crippen molar-refractivity contribution >= 4 is 11.8 Å². The largest absolute Gasteiger partial charge is 0.249 e. The van der Waals surface area contributed by atoms with Crippen LogP contribution in [0.15, 0.2) is 47.6 Å². The van der Waals surface area contributed by atoms with Crippen molar-refractivity contribution in [2.45, 2.75) is 30.5 Å². The highest BCUT2D eigenvalue weighted by Crippen LogP contribution is 2.31. The third-order valence-electron chi connectivity index (χ3n) is 2.49. The molecule has 0 aliphatic heterocycles. The summed E-state index contributed by atoms with van der Waals surface area (Å²) in [6, 6.07) is 13.8. The van der Waals surface area contributed by atoms with Gasteiger partial charge in [-0.2, -0.15) is 5.26 Å². The number of nitrogens with zero attached hydrogens (tertiary/aromatic N) is 2. The molecule has 1 aromatic heterocycles. The van der Waals surface area contributed by atoms with E-state index in [9.17, 15) is 0 Å². The number of hydrogen-bond donors (Lipinski definition) is 0. The van der Waals surface area contributed by atoms with Crippen LogP contribution in [0.1, 0.15) is 26.3 Å². The van der Waals surface area contributed by atoms with Crippen LogP contribution < -0.4 is 0 Å². The molecule has 0 spiro atoms. The highest BCUT2D eigenvalue weighted by molar-refractivity contribution is 8.00. The molecule has 0 bridgehead atoms. The van der Waals surface area contributed by atoms with Gasteiger partial charge in [-0.05, 0) is 23.8 Å². The van der Waals surface area contributed by atoms with E-state index in [0.717, 1.165) is 16.2 Å². The van der Waals surface area contributed by atoms with Gasteiger partial charge in [-0.3, -0.25) is 0 Å². The molecule has 0 fully saturated rings. The number of rotatable bonds is 2. The lowest BCUT2D eigenvalue weighted by Crippen LogP contribution is -2.07. The first-order chi connectivity index (χ1) is 8.98. The van der Waals surface area contributed by atoms with Crippen LogP contribution in [0, 0.1) is 11.3 Å². The standard InChI is InChI=1S/C16H16N2S/c1-16(2,3)19-15-9-8-14(11-18-15)13-6-4-12(10-17)5-7-13/h4-9,11H,1-3H3. The van der Waals surface area contributed by atoms with Gasteiger partial charge in [0, 0.05) is 16.5 Å². The van der Waals surface area contributed by atoms with E-state index in [-0.39, 0.29) is 4.75 Å². The van der Waals surface area contributed by atoms with Gasteiger partial charge in [-0.25, -0.2) is 4.98 Å². The normalized spacial score (nSPS) is 11.1. The van der Waals surface area contributed by atoms with Gasteiger partial charge in [0.15, 0.2) is 0 Å². The summed E-state index contributed by atoms with van der Waals surface area (Å²) in [5, 5.41) is 9.81. The SMILES string of the molecule is CC(C)(C)Sc1ccc(-c2ccc(C#N)cc2)cn1. The predicted molar refractivity (Wildman–Crippen MR) is 80.0 cm³/mol. The number of benzene rings is 1. The van der Waals surface area contributed by atoms with E-state index in [1.165, 1.54) is 0 Å². The minimum absolute atomic E-state index is 0.170. The first-order valence-electron chi connectivity index (χ1n) is 6.13. The first kappa shape index (κ1) is 13.6. The molecule has 0 aliphatic rings. The smallest absolute Gasteiger partial charge is 0.0991 e. The Morgan fingerprint density at radius 1 is 1.00 bits per heavy atom. The van der Waals surface area contributed by atoms with Gasteiger partial charge in [-0.15, -0.1) is 11.8 Å². The van der Waals surface area contributed by atoms with Crippen molar-refractivity contribution in [1.82, 2.24) is 4.98 Å². The molecule has 3 heteroatoms. The summed E-state index contributed by atoms with van der Waals surface area (Å²) in [6.45, 7) is 6.52. The number of pyridine rings is 1. The van der Waals surface area contributed by atoms with Crippen molar-refractivity contribution in [3.05, 3.63) is 48.2 Å². The maximum Gasteiger partial charge on any atom is 0.0991 e. The van der Waals surface area contributed by atoms with Gasteiger partial charge >= 0.3 is 0 Å². The summed E-state index contributed by atoms with van der Waals surface area (Å²) in [4.78, 5) is 4.48. The first-order valence-corrected chi connectivity index (χ1v) is 6.95. The Morgan fingerprint density at radius 2 is 1.63 bits per heavy atom. The van der Waals surface area contributed by atoms with Gasteiger partial charge in [0.05, 0.1) is 16.7 Å². The average molecular weight is 268 g/mol. The quantitative estimate of drug-likeness (QED) is 0.752. The van der Waals surface area contributed by atoms with Crippen LogP contribution in [0.2, 0.25) is 0 Å². The monoisotopic (exact) mass is 268 g/mol. The second-order valence-corrected chi connectivity index (χ2v) is 7.14. The van der Waals surface area contributed by atoms with Crippen LogP contribution in [-0.4, -0.2) is 9.73 Å². The predicted octanol–water partition coefficient (Wildman–Crippen LogP) is 4.51. The molecule has 0 unspecified atom stereocenters. The lowest BCUT2D eigenvalue weighted by molar-refractivity contribution is 0.799. The summed E-state index contributed by atoms with van der Waals surface area (Å²) in [5.41, 5.74) is 2.83. The van der Waals surface area contributed by atoms with E-state index in [2.05, 4.69) is 37.9 Å². The van der Waals surface area contributed by atoms with Crippen LogP contribution in [0.25, 0.3) is 11.1 Å². The number of nitriles is 1. The van der Waals surface area contributed by atoms with Gasteiger partial charge in [-0.1, -0.05) is 39.0 Å². The molecule has 2 rings (SSSR count). The zero-order chi connectivity index (χ0) is 13.9. The van der Waals surface area contributed by atoms with E-state index >= 15 is 0 Å². The molecule has 1 heterocycles. The average Bonchev–Trinajstić information content (AvgIpc) is 2.38. The lowest BCUT2D eigenvalue weighted by atomic mass is 10.1. The Kier molecular flexibility index (Phi) is 3.92. The van der Waals surface area contributed by atoms with Crippen LogP contribution >= 0.6 is 11.8 Å². The second kappa shape index (κ2) is 5.46. The Balaban J connectivity index is 2.20. The number of hydrogen-bond acceptors (Lipinski definition) is 3. The van der Waals surface area contributed by atoms with Crippen molar-refractivity contribution in [3.8, 4) is 17.2 Å². The Hall–Kier alpha value is -1.79. The molecule has 1 aromatic carbocycles. The van der Waals surface area contributed by atoms with Gasteiger partial charge < -0.3 is 0 Å². The summed E-state index contributed by atoms with van der Waals surface area (Å²) in [7, 11) is 0. The molecular weight excluding hydrogens is 252 g/mol. The van der Waals surface area contributed by atoms with Gasteiger partial charge in [0.1, 0.15) is 0 Å². The molecule has 0 atom stereocenters. The molecule has 0 amide bonds. The maximum atomic E-state index is 8.78. The van der Waals surface area contributed by atoms with E-state index in [0.29, 0.717) is 5.56 Å². The molecule has 0 radical (unpaired) electrons. The Bertz CT molecular complexity index is 587. The Labute approximate surface area is 118 Å². The molecule has 0 N–H and O–H groups in total. The third-order valence-corrected chi connectivity index (χ3v) is 3.56. The van der Waals surface area contributed by atoms with E-state index in [1.807, 2.05) is 36.5 Å². The summed E-state index contributed by atoms with van der Waals surface area (Å²) in [5.74, 6) is 0. The Morgan fingerprint density at radius 3 is 2.11 bits per heavy atom. The van der Waals surface area contributed by atoms with Crippen LogP contribution in [0.5, 0.6) is 0 Å². The summed E-state index contributed by atoms with van der Waals surface area (Å²) in [6.07, 6.45) is 1.88. The highest BCUT2D eigenvalue weighted by atomic mass is 32.2. The molecular formula is C16H16N2S. The zero-order valence-corrected chi connectivity index (χ0v) is 12.2. The third kappa shape index (κ3) is 3.84. The van der Waals surface area contributed by atoms with Crippen molar-refractivity contribution in [2.75, 3.05) is 0 Å². The topological polar surface area (TPSA) is 36.7 Å². The van der Waals surface area contributed by atoms with Crippen LogP contribution in [0.3, 0.4) is 0 Å². The molecule has 96 valence electrons. The number of aromatic nitrogens is 1. The molecule has 19 heavy (non-hydrogen) atoms. The van der Waals surface area contributed by atoms with Gasteiger partial charge in [0.25, 0.3) is 0 Å². The minimum Gasteiger partial charge on any atom is -0.249 e. The molecule has 2 nitrogen and oxygen atoms in total. The van der Waals surface area contributed by atoms with Crippen molar-refractivity contribution in [1.29, 1.82) is 5.26 Å². The molecule has 0 saturated carbocycles. The van der Waals surface area contributed by atoms with Gasteiger partial charge in [0.2, 0.25) is 0 Å². The fourth-order valence-corrected chi connectivity index (χ4v) is 2.53. The van der Waals surface area contributed by atoms with Crippen LogP contribution in [0.4, 0.5) is 0 Å². The minimum atomic E-state index is 0.170. The second-order valence-electron chi connectivity index (χ2n) is 5.29. The fourth-order valence-electron chi connectivity index (χ4n) is 1.66. The molecule has 2 aromatic rings. The van der Waals surface area contributed by atoms with E-state index in [1.54, 1.807) is 11.8 Å². The van der Waals surface area contributed by atoms with Crippen molar-refractivity contribution in [3.63, 3.8) is 0 Å². The van der Waals surface area contributed by atoms with E-state index in [4.69, 9.17) is 5.26 Å². The van der Waals surface area contributed by atoms with E-state index < -0.39 is 0 Å². The number of thioether (sulfide) groups is 1. The van der Waals surface area contributed by atoms with Crippen LogP contribution in [-0.2, 0) is 0 Å². The fraction of sp³-hybridized carbons (Fsp3) is 0.250.